The van der Waals surface area contributed by atoms with Gasteiger partial charge in [-0.25, -0.2) is 4.79 Å². The molecule has 1 amide bonds. The molecule has 1 aliphatic rings. The van der Waals surface area contributed by atoms with E-state index >= 15 is 0 Å². The Balaban J connectivity index is 1.45. The highest BCUT2D eigenvalue weighted by molar-refractivity contribution is 7.12. The van der Waals surface area contributed by atoms with E-state index in [4.69, 9.17) is 14.2 Å². The van der Waals surface area contributed by atoms with Crippen molar-refractivity contribution in [1.29, 1.82) is 0 Å². The lowest BCUT2D eigenvalue weighted by Crippen LogP contribution is -2.22. The number of carbonyl (C=O) groups excluding carboxylic acids is 4. The van der Waals surface area contributed by atoms with Crippen LogP contribution in [0.15, 0.2) is 53.9 Å². The fraction of sp³-hybridized carbons (Fsp3) is 0.130. The molecule has 0 aliphatic carbocycles. The largest absolute Gasteiger partial charge is 0.454 e. The molecule has 1 aromatic heterocycles. The van der Waals surface area contributed by atoms with E-state index < -0.39 is 18.5 Å². The Morgan fingerprint density at radius 1 is 0.969 bits per heavy atom. The molecule has 0 unspecified atom stereocenters. The van der Waals surface area contributed by atoms with Crippen molar-refractivity contribution >= 4 is 40.5 Å². The fourth-order valence-corrected chi connectivity index (χ4v) is 3.81. The molecule has 0 fully saturated rings. The molecular formula is C23H17NO7S. The Morgan fingerprint density at radius 3 is 2.38 bits per heavy atom. The summed E-state index contributed by atoms with van der Waals surface area (Å²) in [6.45, 7) is 0.770. The highest BCUT2D eigenvalue weighted by Gasteiger charge is 2.22. The van der Waals surface area contributed by atoms with Gasteiger partial charge in [-0.3, -0.25) is 14.4 Å². The molecule has 0 atom stereocenters. The van der Waals surface area contributed by atoms with E-state index in [-0.39, 0.29) is 40.7 Å². The Bertz CT molecular complexity index is 1220. The van der Waals surface area contributed by atoms with Gasteiger partial charge >= 0.3 is 5.97 Å². The second-order valence-electron chi connectivity index (χ2n) is 6.78. The van der Waals surface area contributed by atoms with Crippen molar-refractivity contribution in [2.24, 2.45) is 0 Å². The number of nitrogens with one attached hydrogen (secondary N) is 1. The molecule has 2 aromatic carbocycles. The van der Waals surface area contributed by atoms with Crippen LogP contribution < -0.4 is 14.8 Å². The number of esters is 1. The molecule has 0 radical (unpaired) electrons. The number of carbonyl (C=O) groups is 4. The molecule has 0 saturated heterocycles. The maximum atomic E-state index is 12.7. The average Bonchev–Trinajstić information content (AvgIpc) is 3.48. The summed E-state index contributed by atoms with van der Waals surface area (Å²) in [4.78, 5) is 50.1. The maximum Gasteiger partial charge on any atom is 0.339 e. The quantitative estimate of drug-likeness (QED) is 0.431. The number of rotatable bonds is 7. The van der Waals surface area contributed by atoms with Crippen molar-refractivity contribution < 1.29 is 33.4 Å². The van der Waals surface area contributed by atoms with E-state index in [2.05, 4.69) is 5.32 Å². The van der Waals surface area contributed by atoms with Crippen molar-refractivity contribution in [3.63, 3.8) is 0 Å². The lowest BCUT2D eigenvalue weighted by Gasteiger charge is -2.11. The Kier molecular flexibility index (Phi) is 6.00. The summed E-state index contributed by atoms with van der Waals surface area (Å²) >= 11 is 1.27. The standard InChI is InChI=1S/C23H17NO7S/c1-13(25)16-9-18-19(31-12-30-18)10-17(16)24-21(26)11-29-23(28)15-6-3-2-5-14(15)22(27)20-7-4-8-32-20/h2-10H,11-12H2,1H3,(H,24,26). The minimum absolute atomic E-state index is 0.0191. The summed E-state index contributed by atoms with van der Waals surface area (Å²) in [6.07, 6.45) is 0. The van der Waals surface area contributed by atoms with Crippen molar-refractivity contribution in [2.45, 2.75) is 6.92 Å². The van der Waals surface area contributed by atoms with Gasteiger partial charge in [0, 0.05) is 17.2 Å². The van der Waals surface area contributed by atoms with Gasteiger partial charge in [-0.1, -0.05) is 24.3 Å². The molecule has 9 heteroatoms. The van der Waals surface area contributed by atoms with E-state index in [0.717, 1.165) is 0 Å². The number of hydrogen-bond donors (Lipinski definition) is 1. The third-order valence-corrected chi connectivity index (χ3v) is 5.51. The Hall–Kier alpha value is -3.98. The number of hydrogen-bond acceptors (Lipinski definition) is 8. The summed E-state index contributed by atoms with van der Waals surface area (Å²) in [5, 5.41) is 4.32. The molecule has 4 rings (SSSR count). The maximum absolute atomic E-state index is 12.7. The molecule has 1 N–H and O–H groups in total. The highest BCUT2D eigenvalue weighted by atomic mass is 32.1. The summed E-state index contributed by atoms with van der Waals surface area (Å²) in [5.74, 6) is -1.24. The van der Waals surface area contributed by atoms with Gasteiger partial charge in [-0.05, 0) is 30.5 Å². The van der Waals surface area contributed by atoms with E-state index in [0.29, 0.717) is 16.4 Å². The van der Waals surface area contributed by atoms with Crippen LogP contribution in [-0.2, 0) is 9.53 Å². The van der Waals surface area contributed by atoms with E-state index in [1.165, 1.54) is 42.5 Å². The van der Waals surface area contributed by atoms with Crippen LogP contribution >= 0.6 is 11.3 Å². The van der Waals surface area contributed by atoms with Gasteiger partial charge in [0.1, 0.15) is 0 Å². The molecule has 2 heterocycles. The lowest BCUT2D eigenvalue weighted by molar-refractivity contribution is -0.119. The van der Waals surface area contributed by atoms with Crippen LogP contribution in [0.4, 0.5) is 5.69 Å². The van der Waals surface area contributed by atoms with Crippen LogP contribution in [0.5, 0.6) is 11.5 Å². The second kappa shape index (κ2) is 9.03. The molecule has 0 spiro atoms. The first-order valence-electron chi connectivity index (χ1n) is 9.53. The van der Waals surface area contributed by atoms with Gasteiger partial charge in [-0.15, -0.1) is 11.3 Å². The number of amides is 1. The van der Waals surface area contributed by atoms with Gasteiger partial charge in [0.15, 0.2) is 23.9 Å². The second-order valence-corrected chi connectivity index (χ2v) is 7.73. The lowest BCUT2D eigenvalue weighted by atomic mass is 10.0. The number of thiophene rings is 1. The first-order valence-corrected chi connectivity index (χ1v) is 10.4. The summed E-state index contributed by atoms with van der Waals surface area (Å²) < 4.78 is 15.7. The molecule has 32 heavy (non-hydrogen) atoms. The topological polar surface area (TPSA) is 108 Å². The Morgan fingerprint density at radius 2 is 1.69 bits per heavy atom. The van der Waals surface area contributed by atoms with Crippen LogP contribution in [0.25, 0.3) is 0 Å². The smallest absolute Gasteiger partial charge is 0.339 e. The normalized spacial score (nSPS) is 11.7. The van der Waals surface area contributed by atoms with Crippen LogP contribution in [0.2, 0.25) is 0 Å². The van der Waals surface area contributed by atoms with Gasteiger partial charge in [0.05, 0.1) is 16.1 Å². The van der Waals surface area contributed by atoms with Crippen LogP contribution in [0.3, 0.4) is 0 Å². The summed E-state index contributed by atoms with van der Waals surface area (Å²) in [5.41, 5.74) is 0.707. The Labute approximate surface area is 186 Å². The molecule has 3 aromatic rings. The number of benzene rings is 2. The predicted octanol–water partition coefficient (Wildman–Crippen LogP) is 3.71. The average molecular weight is 451 g/mol. The predicted molar refractivity (Wildman–Crippen MR) is 116 cm³/mol. The number of Topliss-reactive ketones (excluding diaryl/α,β-unsaturated/α-hetero) is 1. The highest BCUT2D eigenvalue weighted by Crippen LogP contribution is 2.37. The fourth-order valence-electron chi connectivity index (χ4n) is 3.13. The monoisotopic (exact) mass is 451 g/mol. The van der Waals surface area contributed by atoms with Gasteiger partial charge < -0.3 is 19.5 Å². The molecule has 0 saturated carbocycles. The third kappa shape index (κ3) is 4.37. The summed E-state index contributed by atoms with van der Waals surface area (Å²) in [6, 6.07) is 12.6. The molecule has 0 bridgehead atoms. The van der Waals surface area contributed by atoms with E-state index in [1.807, 2.05) is 0 Å². The van der Waals surface area contributed by atoms with E-state index in [9.17, 15) is 19.2 Å². The van der Waals surface area contributed by atoms with Crippen LogP contribution in [0.1, 0.15) is 42.9 Å². The van der Waals surface area contributed by atoms with Gasteiger partial charge in [0.2, 0.25) is 12.6 Å². The number of ether oxygens (including phenoxy) is 3. The zero-order valence-corrected chi connectivity index (χ0v) is 17.7. The van der Waals surface area contributed by atoms with Crippen LogP contribution in [0, 0.1) is 0 Å². The van der Waals surface area contributed by atoms with Gasteiger partial charge in [-0.2, -0.15) is 0 Å². The van der Waals surface area contributed by atoms with Crippen molar-refractivity contribution in [2.75, 3.05) is 18.7 Å². The van der Waals surface area contributed by atoms with Crippen molar-refractivity contribution in [3.05, 3.63) is 75.5 Å². The molecular weight excluding hydrogens is 434 g/mol. The number of anilines is 1. The third-order valence-electron chi connectivity index (χ3n) is 4.64. The van der Waals surface area contributed by atoms with E-state index in [1.54, 1.807) is 29.6 Å². The first kappa shape index (κ1) is 21.3. The number of fused-ring (bicyclic) bond motifs is 1. The molecule has 8 nitrogen and oxygen atoms in total. The summed E-state index contributed by atoms with van der Waals surface area (Å²) in [7, 11) is 0. The van der Waals surface area contributed by atoms with Crippen molar-refractivity contribution in [3.8, 4) is 11.5 Å². The molecule has 1 aliphatic heterocycles. The SMILES string of the molecule is CC(=O)c1cc2c(cc1NC(=O)COC(=O)c1ccccc1C(=O)c1cccs1)OCO2. The van der Waals surface area contributed by atoms with Crippen molar-refractivity contribution in [1.82, 2.24) is 0 Å². The van der Waals surface area contributed by atoms with Gasteiger partial charge in [0.25, 0.3) is 5.91 Å². The zero-order valence-electron chi connectivity index (χ0n) is 16.9. The minimum atomic E-state index is -0.807. The zero-order chi connectivity index (χ0) is 22.7. The molecule has 162 valence electrons. The first-order chi connectivity index (χ1) is 15.4. The number of ketones is 2. The minimum Gasteiger partial charge on any atom is -0.454 e. The van der Waals surface area contributed by atoms with Crippen LogP contribution in [-0.4, -0.2) is 36.8 Å².